The molecule has 0 spiro atoms. The van der Waals surface area contributed by atoms with Crippen molar-refractivity contribution < 1.29 is 0 Å². The molecule has 3 nitrogen and oxygen atoms in total. The minimum atomic E-state index is 0.148. The third-order valence-corrected chi connectivity index (χ3v) is 3.64. The number of rotatable bonds is 1. The van der Waals surface area contributed by atoms with Gasteiger partial charge in [-0.05, 0) is 24.3 Å². The van der Waals surface area contributed by atoms with Gasteiger partial charge in [0.2, 0.25) is 0 Å². The van der Waals surface area contributed by atoms with E-state index in [1.807, 2.05) is 6.07 Å². The van der Waals surface area contributed by atoms with E-state index >= 15 is 0 Å². The molecule has 90 valence electrons. The van der Waals surface area contributed by atoms with Crippen LogP contribution in [-0.4, -0.2) is 4.98 Å². The summed E-state index contributed by atoms with van der Waals surface area (Å²) >= 11 is 17.9. The summed E-state index contributed by atoms with van der Waals surface area (Å²) in [4.78, 5) is 4.12. The highest BCUT2D eigenvalue weighted by molar-refractivity contribution is 6.49. The van der Waals surface area contributed by atoms with Crippen LogP contribution < -0.4 is 5.73 Å². The van der Waals surface area contributed by atoms with Crippen LogP contribution in [0.3, 0.4) is 0 Å². The highest BCUT2D eigenvalue weighted by atomic mass is 35.5. The van der Waals surface area contributed by atoms with Crippen LogP contribution in [0.4, 0.5) is 5.69 Å². The van der Waals surface area contributed by atoms with Gasteiger partial charge in [0.05, 0.1) is 26.4 Å². The lowest BCUT2D eigenvalue weighted by Crippen LogP contribution is -1.95. The van der Waals surface area contributed by atoms with Gasteiger partial charge < -0.3 is 5.73 Å². The van der Waals surface area contributed by atoms with Crippen LogP contribution in [0, 0.1) is 11.3 Å². The van der Waals surface area contributed by atoms with Crippen molar-refractivity contribution in [2.24, 2.45) is 0 Å². The third kappa shape index (κ3) is 2.23. The minimum Gasteiger partial charge on any atom is -0.396 e. The number of aromatic nitrogens is 1. The molecule has 6 heteroatoms. The minimum absolute atomic E-state index is 0.148. The van der Waals surface area contributed by atoms with Crippen molar-refractivity contribution in [3.05, 3.63) is 45.0 Å². The molecule has 0 saturated carbocycles. The number of benzene rings is 1. The van der Waals surface area contributed by atoms with Gasteiger partial charge in [-0.3, -0.25) is 0 Å². The zero-order valence-corrected chi connectivity index (χ0v) is 11.2. The lowest BCUT2D eigenvalue weighted by atomic mass is 10.1. The fourth-order valence-electron chi connectivity index (χ4n) is 1.43. The van der Waals surface area contributed by atoms with Crippen molar-refractivity contribution >= 4 is 40.5 Å². The van der Waals surface area contributed by atoms with E-state index in [2.05, 4.69) is 4.98 Å². The van der Waals surface area contributed by atoms with E-state index in [1.54, 1.807) is 24.3 Å². The molecular weight excluding hydrogens is 293 g/mol. The smallest absolute Gasteiger partial charge is 0.164 e. The Kier molecular flexibility index (Phi) is 3.63. The lowest BCUT2D eigenvalue weighted by Gasteiger charge is -2.07. The van der Waals surface area contributed by atoms with Gasteiger partial charge in [0.15, 0.2) is 5.69 Å². The average molecular weight is 299 g/mol. The number of nitriles is 1. The van der Waals surface area contributed by atoms with Crippen LogP contribution in [0.1, 0.15) is 5.69 Å². The van der Waals surface area contributed by atoms with Crippen molar-refractivity contribution in [1.82, 2.24) is 4.98 Å². The van der Waals surface area contributed by atoms with Gasteiger partial charge in [-0.2, -0.15) is 5.26 Å². The van der Waals surface area contributed by atoms with Gasteiger partial charge in [0.25, 0.3) is 0 Å². The Morgan fingerprint density at radius 2 is 1.78 bits per heavy atom. The van der Waals surface area contributed by atoms with Crippen molar-refractivity contribution in [1.29, 1.82) is 5.26 Å². The van der Waals surface area contributed by atoms with E-state index in [0.717, 1.165) is 0 Å². The predicted molar refractivity (Wildman–Crippen MR) is 73.8 cm³/mol. The zero-order valence-electron chi connectivity index (χ0n) is 8.92. The molecule has 0 aliphatic heterocycles. The fourth-order valence-corrected chi connectivity index (χ4v) is 2.07. The second-order valence-corrected chi connectivity index (χ2v) is 4.63. The average Bonchev–Trinajstić information content (AvgIpc) is 2.37. The molecule has 1 heterocycles. The van der Waals surface area contributed by atoms with Crippen molar-refractivity contribution in [2.45, 2.75) is 0 Å². The number of anilines is 1. The Morgan fingerprint density at radius 3 is 2.44 bits per heavy atom. The molecule has 18 heavy (non-hydrogen) atoms. The summed E-state index contributed by atoms with van der Waals surface area (Å²) in [7, 11) is 0. The first-order chi connectivity index (χ1) is 8.54. The van der Waals surface area contributed by atoms with E-state index in [9.17, 15) is 0 Å². The summed E-state index contributed by atoms with van der Waals surface area (Å²) in [5.74, 6) is 0. The Hall–Kier alpha value is -1.47. The largest absolute Gasteiger partial charge is 0.396 e. The second kappa shape index (κ2) is 5.03. The molecule has 2 N–H and O–H groups in total. The number of nitrogens with zero attached hydrogens (tertiary/aromatic N) is 2. The van der Waals surface area contributed by atoms with Crippen LogP contribution in [0.2, 0.25) is 15.1 Å². The molecular formula is C12H6Cl3N3. The van der Waals surface area contributed by atoms with E-state index in [4.69, 9.17) is 45.8 Å². The van der Waals surface area contributed by atoms with Crippen molar-refractivity contribution in [2.75, 3.05) is 5.73 Å². The topological polar surface area (TPSA) is 62.7 Å². The highest BCUT2D eigenvalue weighted by Crippen LogP contribution is 2.37. The molecule has 0 fully saturated rings. The third-order valence-electron chi connectivity index (χ3n) is 2.34. The lowest BCUT2D eigenvalue weighted by molar-refractivity contribution is 1.27. The Balaban J connectivity index is 2.64. The van der Waals surface area contributed by atoms with Crippen LogP contribution in [0.25, 0.3) is 11.3 Å². The van der Waals surface area contributed by atoms with Crippen LogP contribution >= 0.6 is 34.8 Å². The fraction of sp³-hybridized carbons (Fsp3) is 0. The second-order valence-electron chi connectivity index (χ2n) is 3.47. The standard InChI is InChI=1S/C12H6Cl3N3/c13-7-2-1-6(11(14)12(7)15)9-4-3-8(17)10(5-16)18-9/h1-4H,17H2. The van der Waals surface area contributed by atoms with Gasteiger partial charge in [-0.15, -0.1) is 0 Å². The quantitative estimate of drug-likeness (QED) is 0.804. The molecule has 0 atom stereocenters. The number of hydrogen-bond donors (Lipinski definition) is 1. The first kappa shape index (κ1) is 13.0. The van der Waals surface area contributed by atoms with Crippen molar-refractivity contribution in [3.63, 3.8) is 0 Å². The summed E-state index contributed by atoms with van der Waals surface area (Å²) in [5.41, 5.74) is 7.19. The highest BCUT2D eigenvalue weighted by Gasteiger charge is 2.12. The molecule has 1 aromatic heterocycles. The Bertz CT molecular complexity index is 662. The van der Waals surface area contributed by atoms with Crippen LogP contribution in [0.15, 0.2) is 24.3 Å². The maximum absolute atomic E-state index is 8.89. The monoisotopic (exact) mass is 297 g/mol. The molecule has 0 unspecified atom stereocenters. The molecule has 0 bridgehead atoms. The molecule has 2 aromatic rings. The van der Waals surface area contributed by atoms with Gasteiger partial charge >= 0.3 is 0 Å². The summed E-state index contributed by atoms with van der Waals surface area (Å²) in [6.07, 6.45) is 0. The van der Waals surface area contributed by atoms with Crippen LogP contribution in [0.5, 0.6) is 0 Å². The molecule has 0 amide bonds. The first-order valence-electron chi connectivity index (χ1n) is 4.85. The number of pyridine rings is 1. The van der Waals surface area contributed by atoms with Gasteiger partial charge in [0.1, 0.15) is 6.07 Å². The van der Waals surface area contributed by atoms with E-state index in [1.165, 1.54) is 0 Å². The molecule has 0 aliphatic carbocycles. The number of hydrogen-bond acceptors (Lipinski definition) is 3. The molecule has 2 rings (SSSR count). The van der Waals surface area contributed by atoms with E-state index in [-0.39, 0.29) is 10.7 Å². The van der Waals surface area contributed by atoms with E-state index in [0.29, 0.717) is 27.0 Å². The number of nitrogens with two attached hydrogens (primary N) is 1. The zero-order chi connectivity index (χ0) is 13.3. The summed E-state index contributed by atoms with van der Waals surface area (Å²) in [6.45, 7) is 0. The maximum atomic E-state index is 8.89. The normalized spacial score (nSPS) is 10.1. The Morgan fingerprint density at radius 1 is 1.06 bits per heavy atom. The first-order valence-corrected chi connectivity index (χ1v) is 5.98. The number of nitrogen functional groups attached to an aromatic ring is 1. The molecule has 1 aromatic carbocycles. The summed E-state index contributed by atoms with van der Waals surface area (Å²) < 4.78 is 0. The summed E-state index contributed by atoms with van der Waals surface area (Å²) in [6, 6.07) is 8.49. The molecule has 0 aliphatic rings. The van der Waals surface area contributed by atoms with Gasteiger partial charge in [0, 0.05) is 5.56 Å². The number of halogens is 3. The summed E-state index contributed by atoms with van der Waals surface area (Å²) in [5, 5.41) is 9.80. The predicted octanol–water partition coefficient (Wildman–Crippen LogP) is 4.16. The molecule has 0 saturated heterocycles. The maximum Gasteiger partial charge on any atom is 0.164 e. The van der Waals surface area contributed by atoms with Crippen LogP contribution in [-0.2, 0) is 0 Å². The Labute approximate surface area is 119 Å². The van der Waals surface area contributed by atoms with Gasteiger partial charge in [-0.1, -0.05) is 34.8 Å². The van der Waals surface area contributed by atoms with Gasteiger partial charge in [-0.25, -0.2) is 4.98 Å². The molecule has 0 radical (unpaired) electrons. The van der Waals surface area contributed by atoms with Crippen molar-refractivity contribution in [3.8, 4) is 17.3 Å². The van der Waals surface area contributed by atoms with E-state index < -0.39 is 0 Å². The SMILES string of the molecule is N#Cc1nc(-c2ccc(Cl)c(Cl)c2Cl)ccc1N.